The van der Waals surface area contributed by atoms with Crippen molar-refractivity contribution in [1.29, 1.82) is 0 Å². The number of amides is 1. The Kier molecular flexibility index (Phi) is 5.90. The summed E-state index contributed by atoms with van der Waals surface area (Å²) in [5.74, 6) is 0.722. The zero-order chi connectivity index (χ0) is 21.3. The van der Waals surface area contributed by atoms with Crippen molar-refractivity contribution in [3.63, 3.8) is 0 Å². The van der Waals surface area contributed by atoms with Gasteiger partial charge < -0.3 is 10.2 Å². The monoisotopic (exact) mass is 424 g/mol. The van der Waals surface area contributed by atoms with Gasteiger partial charge in [0, 0.05) is 38.3 Å². The second kappa shape index (κ2) is 8.60. The van der Waals surface area contributed by atoms with Gasteiger partial charge in [-0.3, -0.25) is 14.2 Å². The number of benzene rings is 1. The van der Waals surface area contributed by atoms with Crippen molar-refractivity contribution < 1.29 is 4.79 Å². The van der Waals surface area contributed by atoms with Crippen molar-refractivity contribution in [3.05, 3.63) is 57.0 Å². The highest BCUT2D eigenvalue weighted by Gasteiger charge is 2.22. The largest absolute Gasteiger partial charge is 0.370 e. The highest BCUT2D eigenvalue weighted by atomic mass is 32.1. The summed E-state index contributed by atoms with van der Waals surface area (Å²) in [6, 6.07) is 10.2. The van der Waals surface area contributed by atoms with Crippen LogP contribution in [0.5, 0.6) is 0 Å². The topological polar surface area (TPSA) is 67.2 Å². The first-order valence-electron chi connectivity index (χ1n) is 10.6. The molecule has 0 aliphatic carbocycles. The number of likely N-dealkylation sites (N-methyl/N-ethyl adjacent to an activating group) is 1. The van der Waals surface area contributed by atoms with E-state index in [1.807, 2.05) is 36.7 Å². The second-order valence-electron chi connectivity index (χ2n) is 8.04. The normalized spacial score (nSPS) is 14.8. The van der Waals surface area contributed by atoms with E-state index in [4.69, 9.17) is 4.98 Å². The van der Waals surface area contributed by atoms with Crippen molar-refractivity contribution in [2.24, 2.45) is 0 Å². The summed E-state index contributed by atoms with van der Waals surface area (Å²) in [7, 11) is 2.02. The zero-order valence-corrected chi connectivity index (χ0v) is 18.6. The molecule has 3 aromatic rings. The minimum absolute atomic E-state index is 0.00174. The molecular formula is C23H28N4O2S. The van der Waals surface area contributed by atoms with Crippen LogP contribution in [-0.4, -0.2) is 35.1 Å². The van der Waals surface area contributed by atoms with E-state index in [-0.39, 0.29) is 17.5 Å². The lowest BCUT2D eigenvalue weighted by Gasteiger charge is -2.27. The fraction of sp³-hybridized carbons (Fsp3) is 0.435. The van der Waals surface area contributed by atoms with Crippen LogP contribution in [0.25, 0.3) is 10.2 Å². The first-order valence-corrected chi connectivity index (χ1v) is 11.4. The molecule has 0 saturated carbocycles. The second-order valence-corrected chi connectivity index (χ2v) is 9.04. The Bertz CT molecular complexity index is 1120. The number of carbonyl (C=O) groups is 1. The molecule has 1 aliphatic heterocycles. The number of para-hydroxylation sites is 1. The van der Waals surface area contributed by atoms with Gasteiger partial charge in [-0.2, -0.15) is 0 Å². The van der Waals surface area contributed by atoms with Crippen LogP contribution in [0, 0.1) is 6.92 Å². The van der Waals surface area contributed by atoms with Crippen molar-refractivity contribution >= 4 is 33.1 Å². The van der Waals surface area contributed by atoms with Gasteiger partial charge in [-0.1, -0.05) is 24.6 Å². The van der Waals surface area contributed by atoms with Crippen LogP contribution in [-0.2, 0) is 13.0 Å². The number of aromatic nitrogens is 2. The average Bonchev–Trinajstić information content (AvgIpc) is 2.93. The number of carbonyl (C=O) groups excluding carboxylic acids is 1. The molecule has 1 atom stereocenters. The predicted octanol–water partition coefficient (Wildman–Crippen LogP) is 3.75. The third-order valence-corrected chi connectivity index (χ3v) is 7.18. The van der Waals surface area contributed by atoms with Crippen LogP contribution in [0.15, 0.2) is 35.1 Å². The SMILES string of the molecule is Cc1c(C(=O)NCC(C)N(C)c2ccccc2)sc2nc3n(c(=O)c12)CCCCC3. The van der Waals surface area contributed by atoms with E-state index in [1.165, 1.54) is 11.3 Å². The molecule has 1 unspecified atom stereocenters. The molecule has 1 N–H and O–H groups in total. The van der Waals surface area contributed by atoms with E-state index >= 15 is 0 Å². The van der Waals surface area contributed by atoms with Crippen LogP contribution >= 0.6 is 11.3 Å². The lowest BCUT2D eigenvalue weighted by atomic mass is 10.2. The highest BCUT2D eigenvalue weighted by Crippen LogP contribution is 2.28. The smallest absolute Gasteiger partial charge is 0.262 e. The average molecular weight is 425 g/mol. The molecule has 30 heavy (non-hydrogen) atoms. The molecule has 0 bridgehead atoms. The first kappa shape index (κ1) is 20.6. The van der Waals surface area contributed by atoms with Gasteiger partial charge in [-0.05, 0) is 44.4 Å². The van der Waals surface area contributed by atoms with Crippen molar-refractivity contribution in [1.82, 2.24) is 14.9 Å². The highest BCUT2D eigenvalue weighted by molar-refractivity contribution is 7.20. The molecule has 0 spiro atoms. The van der Waals surface area contributed by atoms with Crippen LogP contribution in [0.4, 0.5) is 5.69 Å². The van der Waals surface area contributed by atoms with E-state index in [2.05, 4.69) is 29.3 Å². The molecule has 1 aliphatic rings. The fourth-order valence-electron chi connectivity index (χ4n) is 4.00. The molecule has 0 saturated heterocycles. The summed E-state index contributed by atoms with van der Waals surface area (Å²) in [4.78, 5) is 34.2. The molecule has 1 aromatic carbocycles. The number of hydrogen-bond donors (Lipinski definition) is 1. The number of anilines is 1. The fourth-order valence-corrected chi connectivity index (χ4v) is 5.11. The van der Waals surface area contributed by atoms with Crippen LogP contribution in [0.1, 0.15) is 47.2 Å². The molecule has 4 rings (SSSR count). The number of nitrogens with one attached hydrogen (secondary N) is 1. The van der Waals surface area contributed by atoms with E-state index in [1.54, 1.807) is 0 Å². The third-order valence-electron chi connectivity index (χ3n) is 6.00. The third kappa shape index (κ3) is 3.86. The lowest BCUT2D eigenvalue weighted by molar-refractivity contribution is 0.0955. The molecule has 6 nitrogen and oxygen atoms in total. The lowest BCUT2D eigenvalue weighted by Crippen LogP contribution is -2.40. The minimum Gasteiger partial charge on any atom is -0.370 e. The Morgan fingerprint density at radius 1 is 1.27 bits per heavy atom. The Hall–Kier alpha value is -2.67. The summed E-state index contributed by atoms with van der Waals surface area (Å²) in [5, 5.41) is 3.65. The van der Waals surface area contributed by atoms with E-state index in [9.17, 15) is 9.59 Å². The number of aryl methyl sites for hydroxylation is 2. The van der Waals surface area contributed by atoms with Crippen molar-refractivity contribution in [2.75, 3.05) is 18.5 Å². The molecule has 0 fully saturated rings. The van der Waals surface area contributed by atoms with Gasteiger partial charge in [0.2, 0.25) is 0 Å². The predicted molar refractivity (Wildman–Crippen MR) is 123 cm³/mol. The Morgan fingerprint density at radius 2 is 2.03 bits per heavy atom. The maximum Gasteiger partial charge on any atom is 0.262 e. The summed E-state index contributed by atoms with van der Waals surface area (Å²) >= 11 is 1.33. The number of nitrogens with zero attached hydrogens (tertiary/aromatic N) is 3. The maximum atomic E-state index is 13.1. The molecule has 158 valence electrons. The summed E-state index contributed by atoms with van der Waals surface area (Å²) in [6.45, 7) is 5.17. The van der Waals surface area contributed by atoms with E-state index in [0.29, 0.717) is 21.6 Å². The number of fused-ring (bicyclic) bond motifs is 2. The quantitative estimate of drug-likeness (QED) is 0.677. The van der Waals surface area contributed by atoms with Crippen LogP contribution in [0.2, 0.25) is 0 Å². The molecule has 3 heterocycles. The molecule has 7 heteroatoms. The summed E-state index contributed by atoms with van der Waals surface area (Å²) in [6.07, 6.45) is 4.01. The van der Waals surface area contributed by atoms with Gasteiger partial charge in [0.25, 0.3) is 11.5 Å². The van der Waals surface area contributed by atoms with Gasteiger partial charge in [0.05, 0.1) is 10.3 Å². The van der Waals surface area contributed by atoms with E-state index < -0.39 is 0 Å². The Balaban J connectivity index is 1.54. The Morgan fingerprint density at radius 3 is 2.80 bits per heavy atom. The van der Waals surface area contributed by atoms with Crippen LogP contribution < -0.4 is 15.8 Å². The van der Waals surface area contributed by atoms with Gasteiger partial charge in [-0.15, -0.1) is 11.3 Å². The van der Waals surface area contributed by atoms with Gasteiger partial charge in [0.1, 0.15) is 10.7 Å². The zero-order valence-electron chi connectivity index (χ0n) is 17.8. The number of thiophene rings is 1. The summed E-state index contributed by atoms with van der Waals surface area (Å²) in [5.41, 5.74) is 1.85. The standard InChI is InChI=1S/C23H28N4O2S/c1-15(26(3)17-10-6-4-7-11-17)14-24-21(28)20-16(2)19-22(30-20)25-18-12-8-5-9-13-27(18)23(19)29/h4,6-7,10-11,15H,5,8-9,12-14H2,1-3H3,(H,24,28). The number of rotatable bonds is 5. The summed E-state index contributed by atoms with van der Waals surface area (Å²) < 4.78 is 1.81. The van der Waals surface area contributed by atoms with Gasteiger partial charge in [0.15, 0.2) is 0 Å². The Labute approximate surface area is 180 Å². The maximum absolute atomic E-state index is 13.1. The van der Waals surface area contributed by atoms with Gasteiger partial charge in [-0.25, -0.2) is 4.98 Å². The molecule has 0 radical (unpaired) electrons. The minimum atomic E-state index is -0.136. The molecule has 2 aromatic heterocycles. The molecular weight excluding hydrogens is 396 g/mol. The van der Waals surface area contributed by atoms with Crippen molar-refractivity contribution in [3.8, 4) is 0 Å². The van der Waals surface area contributed by atoms with Crippen molar-refractivity contribution in [2.45, 2.75) is 52.1 Å². The van der Waals surface area contributed by atoms with E-state index in [0.717, 1.165) is 49.3 Å². The van der Waals surface area contributed by atoms with Crippen LogP contribution in [0.3, 0.4) is 0 Å². The molecule has 1 amide bonds. The van der Waals surface area contributed by atoms with Gasteiger partial charge >= 0.3 is 0 Å². The number of hydrogen-bond acceptors (Lipinski definition) is 5. The first-order chi connectivity index (χ1) is 14.5.